The van der Waals surface area contributed by atoms with Crippen LogP contribution in [0.5, 0.6) is 0 Å². The van der Waals surface area contributed by atoms with E-state index in [1.807, 2.05) is 6.92 Å². The van der Waals surface area contributed by atoms with Gasteiger partial charge in [0.05, 0.1) is 5.75 Å². The number of sulfone groups is 1. The minimum Gasteiger partial charge on any atom is -0.313 e. The predicted octanol–water partition coefficient (Wildman–Crippen LogP) is 2.23. The van der Waals surface area contributed by atoms with Gasteiger partial charge < -0.3 is 5.32 Å². The van der Waals surface area contributed by atoms with E-state index in [4.69, 9.17) is 0 Å². The van der Waals surface area contributed by atoms with Gasteiger partial charge in [-0.05, 0) is 31.7 Å². The topological polar surface area (TPSA) is 46.2 Å². The Kier molecular flexibility index (Phi) is 5.93. The van der Waals surface area contributed by atoms with Crippen molar-refractivity contribution in [2.24, 2.45) is 11.8 Å². The maximum atomic E-state index is 11.5. The second-order valence-electron chi connectivity index (χ2n) is 5.53. The van der Waals surface area contributed by atoms with Crippen molar-refractivity contribution in [3.8, 4) is 0 Å². The Labute approximate surface area is 106 Å². The first-order valence-corrected chi connectivity index (χ1v) is 8.70. The summed E-state index contributed by atoms with van der Waals surface area (Å²) < 4.78 is 23.0. The van der Waals surface area contributed by atoms with Gasteiger partial charge in [-0.15, -0.1) is 0 Å². The Balaban J connectivity index is 2.30. The van der Waals surface area contributed by atoms with Crippen molar-refractivity contribution >= 4 is 9.84 Å². The zero-order valence-corrected chi connectivity index (χ0v) is 12.2. The molecule has 0 bridgehead atoms. The van der Waals surface area contributed by atoms with E-state index in [-0.39, 0.29) is 17.5 Å². The summed E-state index contributed by atoms with van der Waals surface area (Å²) in [5.74, 6) is 2.03. The van der Waals surface area contributed by atoms with E-state index in [9.17, 15) is 8.42 Å². The molecule has 0 heterocycles. The monoisotopic (exact) mass is 261 g/mol. The van der Waals surface area contributed by atoms with E-state index in [0.717, 1.165) is 18.4 Å². The predicted molar refractivity (Wildman–Crippen MR) is 72.9 cm³/mol. The summed E-state index contributed by atoms with van der Waals surface area (Å²) in [5, 5.41) is 3.39. The molecule has 102 valence electrons. The summed E-state index contributed by atoms with van der Waals surface area (Å²) in [6, 6.07) is 0.0778. The van der Waals surface area contributed by atoms with E-state index in [1.165, 1.54) is 25.7 Å². The van der Waals surface area contributed by atoms with Crippen LogP contribution in [0, 0.1) is 11.8 Å². The van der Waals surface area contributed by atoms with Crippen molar-refractivity contribution in [2.45, 2.75) is 52.5 Å². The minimum atomic E-state index is -2.85. The number of nitrogens with one attached hydrogen (secondary N) is 1. The highest BCUT2D eigenvalue weighted by Gasteiger charge is 2.22. The standard InChI is InChI=1S/C13H27NO2S/c1-4-17(15,16)10-12(3)14-9-13-8-6-5-7-11(13)2/h11-14H,4-10H2,1-3H3. The Bertz CT molecular complexity index is 313. The molecule has 0 saturated heterocycles. The zero-order chi connectivity index (χ0) is 12.9. The molecule has 0 aromatic heterocycles. The third kappa shape index (κ3) is 5.38. The van der Waals surface area contributed by atoms with Crippen LogP contribution in [-0.2, 0) is 9.84 Å². The Morgan fingerprint density at radius 2 is 1.94 bits per heavy atom. The summed E-state index contributed by atoms with van der Waals surface area (Å²) in [5.41, 5.74) is 0. The molecule has 1 rings (SSSR count). The molecule has 0 spiro atoms. The molecule has 4 heteroatoms. The molecular formula is C13H27NO2S. The van der Waals surface area contributed by atoms with Gasteiger partial charge >= 0.3 is 0 Å². The van der Waals surface area contributed by atoms with Crippen molar-refractivity contribution in [2.75, 3.05) is 18.1 Å². The second kappa shape index (κ2) is 6.74. The van der Waals surface area contributed by atoms with Crippen molar-refractivity contribution in [3.63, 3.8) is 0 Å². The first kappa shape index (κ1) is 15.0. The van der Waals surface area contributed by atoms with E-state index < -0.39 is 9.84 Å². The van der Waals surface area contributed by atoms with Gasteiger partial charge in [-0.3, -0.25) is 0 Å². The molecular weight excluding hydrogens is 234 g/mol. The van der Waals surface area contributed by atoms with Crippen molar-refractivity contribution < 1.29 is 8.42 Å². The summed E-state index contributed by atoms with van der Waals surface area (Å²) in [4.78, 5) is 0. The van der Waals surface area contributed by atoms with Crippen LogP contribution in [0.2, 0.25) is 0 Å². The van der Waals surface area contributed by atoms with Gasteiger partial charge in [-0.2, -0.15) is 0 Å². The Hall–Kier alpha value is -0.0900. The van der Waals surface area contributed by atoms with Gasteiger partial charge in [0.2, 0.25) is 0 Å². The fraction of sp³-hybridized carbons (Fsp3) is 1.00. The lowest BCUT2D eigenvalue weighted by atomic mass is 9.80. The van der Waals surface area contributed by atoms with Gasteiger partial charge in [0, 0.05) is 11.8 Å². The Morgan fingerprint density at radius 3 is 2.53 bits per heavy atom. The molecule has 0 aromatic carbocycles. The van der Waals surface area contributed by atoms with Crippen molar-refractivity contribution in [1.29, 1.82) is 0 Å². The SMILES string of the molecule is CCS(=O)(=O)CC(C)NCC1CCCCC1C. The van der Waals surface area contributed by atoms with Crippen LogP contribution in [0.3, 0.4) is 0 Å². The molecule has 3 atom stereocenters. The van der Waals surface area contributed by atoms with Crippen molar-refractivity contribution in [3.05, 3.63) is 0 Å². The number of rotatable bonds is 6. The van der Waals surface area contributed by atoms with Crippen LogP contribution < -0.4 is 5.32 Å². The molecule has 0 aliphatic heterocycles. The van der Waals surface area contributed by atoms with E-state index in [1.54, 1.807) is 6.92 Å². The maximum Gasteiger partial charge on any atom is 0.151 e. The molecule has 1 fully saturated rings. The molecule has 1 saturated carbocycles. The fourth-order valence-electron chi connectivity index (χ4n) is 2.61. The lowest BCUT2D eigenvalue weighted by molar-refractivity contribution is 0.244. The van der Waals surface area contributed by atoms with Gasteiger partial charge in [0.1, 0.15) is 0 Å². The number of hydrogen-bond acceptors (Lipinski definition) is 3. The molecule has 0 amide bonds. The largest absolute Gasteiger partial charge is 0.313 e. The lowest BCUT2D eigenvalue weighted by Crippen LogP contribution is -2.38. The summed E-state index contributed by atoms with van der Waals surface area (Å²) >= 11 is 0. The molecule has 1 aliphatic rings. The highest BCUT2D eigenvalue weighted by atomic mass is 32.2. The highest BCUT2D eigenvalue weighted by Crippen LogP contribution is 2.28. The zero-order valence-electron chi connectivity index (χ0n) is 11.4. The molecule has 3 nitrogen and oxygen atoms in total. The smallest absolute Gasteiger partial charge is 0.151 e. The molecule has 1 N–H and O–H groups in total. The molecule has 1 aliphatic carbocycles. The maximum absolute atomic E-state index is 11.5. The Morgan fingerprint density at radius 1 is 1.29 bits per heavy atom. The molecule has 0 aromatic rings. The van der Waals surface area contributed by atoms with Crippen LogP contribution in [0.15, 0.2) is 0 Å². The number of hydrogen-bond donors (Lipinski definition) is 1. The second-order valence-corrected chi connectivity index (χ2v) is 7.93. The van der Waals surface area contributed by atoms with Gasteiger partial charge in [-0.1, -0.05) is 33.1 Å². The van der Waals surface area contributed by atoms with Gasteiger partial charge in [-0.25, -0.2) is 8.42 Å². The van der Waals surface area contributed by atoms with Crippen LogP contribution >= 0.6 is 0 Å². The van der Waals surface area contributed by atoms with E-state index >= 15 is 0 Å². The average Bonchev–Trinajstić information content (AvgIpc) is 2.27. The first-order valence-electron chi connectivity index (χ1n) is 6.88. The molecule has 0 radical (unpaired) electrons. The quantitative estimate of drug-likeness (QED) is 0.797. The van der Waals surface area contributed by atoms with Gasteiger partial charge in [0.15, 0.2) is 9.84 Å². The first-order chi connectivity index (χ1) is 7.94. The average molecular weight is 261 g/mol. The van der Waals surface area contributed by atoms with E-state index in [2.05, 4.69) is 12.2 Å². The lowest BCUT2D eigenvalue weighted by Gasteiger charge is -2.30. The third-order valence-electron chi connectivity index (χ3n) is 3.96. The van der Waals surface area contributed by atoms with Gasteiger partial charge in [0.25, 0.3) is 0 Å². The third-order valence-corrected chi connectivity index (χ3v) is 5.85. The van der Waals surface area contributed by atoms with Crippen LogP contribution in [0.4, 0.5) is 0 Å². The summed E-state index contributed by atoms with van der Waals surface area (Å²) in [6.45, 7) is 6.98. The minimum absolute atomic E-state index is 0.0778. The van der Waals surface area contributed by atoms with Crippen LogP contribution in [-0.4, -0.2) is 32.5 Å². The van der Waals surface area contributed by atoms with E-state index in [0.29, 0.717) is 0 Å². The molecule has 3 unspecified atom stereocenters. The molecule has 17 heavy (non-hydrogen) atoms. The van der Waals surface area contributed by atoms with Crippen LogP contribution in [0.1, 0.15) is 46.5 Å². The van der Waals surface area contributed by atoms with Crippen LogP contribution in [0.25, 0.3) is 0 Å². The normalized spacial score (nSPS) is 27.9. The summed E-state index contributed by atoms with van der Waals surface area (Å²) in [7, 11) is -2.85. The fourth-order valence-corrected chi connectivity index (χ4v) is 3.72. The summed E-state index contributed by atoms with van der Waals surface area (Å²) in [6.07, 6.45) is 5.31. The van der Waals surface area contributed by atoms with Crippen molar-refractivity contribution in [1.82, 2.24) is 5.32 Å². The highest BCUT2D eigenvalue weighted by molar-refractivity contribution is 7.91.